The molecule has 0 aliphatic rings. The summed E-state index contributed by atoms with van der Waals surface area (Å²) in [6.07, 6.45) is -3.87. The summed E-state index contributed by atoms with van der Waals surface area (Å²) in [5.41, 5.74) is 0.705. The second kappa shape index (κ2) is 6.04. The molecule has 0 amide bonds. The smallest absolute Gasteiger partial charge is 0.406 e. The second-order valence-electron chi connectivity index (χ2n) is 3.14. The van der Waals surface area contributed by atoms with Crippen molar-refractivity contribution in [2.45, 2.75) is 33.6 Å². The first-order valence-electron chi connectivity index (χ1n) is 5.63. The molecule has 0 bridgehead atoms. The van der Waals surface area contributed by atoms with Crippen LogP contribution in [0.5, 0.6) is 5.75 Å². The van der Waals surface area contributed by atoms with Crippen LogP contribution in [0, 0.1) is 0 Å². The first-order valence-corrected chi connectivity index (χ1v) is 6.45. The highest BCUT2D eigenvalue weighted by atomic mass is 32.1. The number of rotatable bonds is 2. The summed E-state index contributed by atoms with van der Waals surface area (Å²) in [5, 5.41) is 0.902. The van der Waals surface area contributed by atoms with E-state index in [1.54, 1.807) is 0 Å². The van der Waals surface area contributed by atoms with Crippen LogP contribution in [0.4, 0.5) is 13.2 Å². The van der Waals surface area contributed by atoms with Gasteiger partial charge in [-0.15, -0.1) is 24.5 Å². The molecule has 0 radical (unpaired) electrons. The van der Waals surface area contributed by atoms with Gasteiger partial charge in [0.25, 0.3) is 0 Å². The molecule has 0 N–H and O–H groups in total. The number of halogens is 3. The number of alkyl halides is 3. The van der Waals surface area contributed by atoms with Crippen LogP contribution < -0.4 is 4.74 Å². The molecule has 0 aliphatic heterocycles. The number of nitrogens with zero attached hydrogens (tertiary/aromatic N) is 1. The van der Waals surface area contributed by atoms with Crippen LogP contribution in [-0.2, 0) is 6.42 Å². The molecule has 0 fully saturated rings. The average molecular weight is 277 g/mol. The quantitative estimate of drug-likeness (QED) is 0.787. The predicted octanol–water partition coefficient (Wildman–Crippen LogP) is 4.78. The molecule has 0 spiro atoms. The third kappa shape index (κ3) is 3.87. The van der Waals surface area contributed by atoms with E-state index in [9.17, 15) is 13.2 Å². The van der Waals surface area contributed by atoms with Crippen molar-refractivity contribution in [3.05, 3.63) is 23.2 Å². The third-order valence-electron chi connectivity index (χ3n) is 1.94. The van der Waals surface area contributed by atoms with Crippen molar-refractivity contribution in [3.63, 3.8) is 0 Å². The molecule has 0 aliphatic carbocycles. The highest BCUT2D eigenvalue weighted by Gasteiger charge is 2.31. The van der Waals surface area contributed by atoms with Gasteiger partial charge in [0.15, 0.2) is 0 Å². The van der Waals surface area contributed by atoms with Crippen molar-refractivity contribution in [1.29, 1.82) is 0 Å². The van der Waals surface area contributed by atoms with Crippen LogP contribution in [0.1, 0.15) is 25.8 Å². The fourth-order valence-electron chi connectivity index (χ4n) is 1.30. The highest BCUT2D eigenvalue weighted by Crippen LogP contribution is 2.29. The van der Waals surface area contributed by atoms with E-state index in [0.717, 1.165) is 11.4 Å². The van der Waals surface area contributed by atoms with E-state index in [2.05, 4.69) is 9.72 Å². The lowest BCUT2D eigenvalue weighted by atomic mass is 10.3. The summed E-state index contributed by atoms with van der Waals surface area (Å²) in [4.78, 5) is 4.25. The fourth-order valence-corrected chi connectivity index (χ4v) is 2.24. The minimum atomic E-state index is -4.65. The molecule has 1 aromatic heterocycles. The van der Waals surface area contributed by atoms with Crippen molar-refractivity contribution < 1.29 is 17.9 Å². The first kappa shape index (κ1) is 14.8. The minimum absolute atomic E-state index is 0.202. The van der Waals surface area contributed by atoms with Crippen LogP contribution in [0.25, 0.3) is 10.2 Å². The van der Waals surface area contributed by atoms with E-state index in [1.807, 2.05) is 20.8 Å². The Bertz CT molecular complexity index is 507. The summed E-state index contributed by atoms with van der Waals surface area (Å²) in [6, 6.07) is 4.17. The largest absolute Gasteiger partial charge is 0.573 e. The normalized spacial score (nSPS) is 11.0. The number of ether oxygens (including phenoxy) is 1. The van der Waals surface area contributed by atoms with Crippen LogP contribution in [0.15, 0.2) is 18.2 Å². The molecule has 0 unspecified atom stereocenters. The van der Waals surface area contributed by atoms with E-state index in [1.165, 1.54) is 29.5 Å². The van der Waals surface area contributed by atoms with E-state index >= 15 is 0 Å². The standard InChI is InChI=1S/C10H8F3NOS.C2H6/c1-2-9-14-7-4-3-6(5-8(7)16-9)15-10(11,12)13;1-2/h3-5H,2H2,1H3;1-2H3. The van der Waals surface area contributed by atoms with Crippen molar-refractivity contribution in [1.82, 2.24) is 4.98 Å². The number of hydrogen-bond acceptors (Lipinski definition) is 3. The lowest BCUT2D eigenvalue weighted by Gasteiger charge is -2.07. The Morgan fingerprint density at radius 3 is 2.50 bits per heavy atom. The first-order chi connectivity index (χ1) is 8.48. The molecule has 18 heavy (non-hydrogen) atoms. The second-order valence-corrected chi connectivity index (χ2v) is 4.25. The summed E-state index contributed by atoms with van der Waals surface area (Å²) in [5.74, 6) is -0.202. The maximum Gasteiger partial charge on any atom is 0.573 e. The summed E-state index contributed by atoms with van der Waals surface area (Å²) in [7, 11) is 0. The Morgan fingerprint density at radius 2 is 1.94 bits per heavy atom. The summed E-state index contributed by atoms with van der Waals surface area (Å²) in [6.45, 7) is 5.95. The molecule has 1 aromatic carbocycles. The number of fused-ring (bicyclic) bond motifs is 1. The van der Waals surface area contributed by atoms with Crippen LogP contribution in [0.2, 0.25) is 0 Å². The van der Waals surface area contributed by atoms with E-state index < -0.39 is 6.36 Å². The topological polar surface area (TPSA) is 22.1 Å². The van der Waals surface area contributed by atoms with E-state index in [-0.39, 0.29) is 5.75 Å². The third-order valence-corrected chi connectivity index (χ3v) is 3.10. The molecule has 0 atom stereocenters. The van der Waals surface area contributed by atoms with Gasteiger partial charge < -0.3 is 4.74 Å². The van der Waals surface area contributed by atoms with Gasteiger partial charge in [-0.2, -0.15) is 0 Å². The maximum atomic E-state index is 12.0. The number of hydrogen-bond donors (Lipinski definition) is 0. The molecular formula is C12H14F3NOS. The van der Waals surface area contributed by atoms with Gasteiger partial charge >= 0.3 is 6.36 Å². The monoisotopic (exact) mass is 277 g/mol. The molecule has 6 heteroatoms. The van der Waals surface area contributed by atoms with Crippen molar-refractivity contribution in [2.75, 3.05) is 0 Å². The number of aromatic nitrogens is 1. The SMILES string of the molecule is CC.CCc1nc2ccc(OC(F)(F)F)cc2s1. The molecule has 0 saturated carbocycles. The summed E-state index contributed by atoms with van der Waals surface area (Å²) >= 11 is 1.38. The van der Waals surface area contributed by atoms with Crippen LogP contribution in [-0.4, -0.2) is 11.3 Å². The Balaban J connectivity index is 0.000000771. The zero-order valence-electron chi connectivity index (χ0n) is 10.3. The highest BCUT2D eigenvalue weighted by molar-refractivity contribution is 7.18. The van der Waals surface area contributed by atoms with Gasteiger partial charge in [0.1, 0.15) is 5.75 Å². The van der Waals surface area contributed by atoms with Gasteiger partial charge in [0.05, 0.1) is 15.2 Å². The molecule has 2 aromatic rings. The minimum Gasteiger partial charge on any atom is -0.406 e. The van der Waals surface area contributed by atoms with Crippen molar-refractivity contribution in [3.8, 4) is 5.75 Å². The average Bonchev–Trinajstić information content (AvgIpc) is 2.71. The molecular weight excluding hydrogens is 263 g/mol. The summed E-state index contributed by atoms with van der Waals surface area (Å²) < 4.78 is 40.5. The zero-order chi connectivity index (χ0) is 13.8. The molecule has 100 valence electrons. The van der Waals surface area contributed by atoms with Gasteiger partial charge in [-0.05, 0) is 24.6 Å². The number of thiazole rings is 1. The number of aryl methyl sites for hydroxylation is 1. The van der Waals surface area contributed by atoms with E-state index in [0.29, 0.717) is 10.2 Å². The maximum absolute atomic E-state index is 12.0. The lowest BCUT2D eigenvalue weighted by molar-refractivity contribution is -0.274. The number of benzene rings is 1. The van der Waals surface area contributed by atoms with Gasteiger partial charge in [0.2, 0.25) is 0 Å². The zero-order valence-corrected chi connectivity index (χ0v) is 11.2. The van der Waals surface area contributed by atoms with Crippen LogP contribution in [0.3, 0.4) is 0 Å². The van der Waals surface area contributed by atoms with Gasteiger partial charge in [0, 0.05) is 0 Å². The molecule has 2 rings (SSSR count). The van der Waals surface area contributed by atoms with Crippen molar-refractivity contribution >= 4 is 21.6 Å². The van der Waals surface area contributed by atoms with Crippen molar-refractivity contribution in [2.24, 2.45) is 0 Å². The van der Waals surface area contributed by atoms with Gasteiger partial charge in [-0.3, -0.25) is 0 Å². The lowest BCUT2D eigenvalue weighted by Crippen LogP contribution is -2.16. The van der Waals surface area contributed by atoms with Crippen LogP contribution >= 0.6 is 11.3 Å². The van der Waals surface area contributed by atoms with Gasteiger partial charge in [-0.25, -0.2) is 4.98 Å². The Labute approximate surface area is 107 Å². The fraction of sp³-hybridized carbons (Fsp3) is 0.417. The Morgan fingerprint density at radius 1 is 1.28 bits per heavy atom. The Kier molecular flexibility index (Phi) is 4.95. The molecule has 0 saturated heterocycles. The Hall–Kier alpha value is -1.30. The predicted molar refractivity (Wildman–Crippen MR) is 67.0 cm³/mol. The van der Waals surface area contributed by atoms with E-state index in [4.69, 9.17) is 0 Å². The van der Waals surface area contributed by atoms with Gasteiger partial charge in [-0.1, -0.05) is 20.8 Å². The molecule has 1 heterocycles. The molecule has 2 nitrogen and oxygen atoms in total.